The highest BCUT2D eigenvalue weighted by molar-refractivity contribution is 5.89. The number of halogens is 3. The highest BCUT2D eigenvalue weighted by Crippen LogP contribution is 2.31. The first-order chi connectivity index (χ1) is 10.3. The molecule has 3 nitrogen and oxygen atoms in total. The number of carbonyl (C=O) groups is 1. The molecule has 6 heteroatoms. The van der Waals surface area contributed by atoms with Crippen molar-refractivity contribution in [2.24, 2.45) is 0 Å². The number of aromatic carboxylic acids is 1. The van der Waals surface area contributed by atoms with Crippen molar-refractivity contribution < 1.29 is 27.8 Å². The van der Waals surface area contributed by atoms with Crippen LogP contribution in [0.25, 0.3) is 0 Å². The fourth-order valence-corrected chi connectivity index (χ4v) is 1.87. The lowest BCUT2D eigenvalue weighted by Gasteiger charge is -2.12. The third-order valence-corrected chi connectivity index (χ3v) is 3.08. The molecule has 22 heavy (non-hydrogen) atoms. The van der Waals surface area contributed by atoms with E-state index < -0.39 is 23.3 Å². The topological polar surface area (TPSA) is 46.5 Å². The van der Waals surface area contributed by atoms with Gasteiger partial charge < -0.3 is 9.84 Å². The van der Waals surface area contributed by atoms with E-state index in [1.165, 1.54) is 0 Å². The van der Waals surface area contributed by atoms with Gasteiger partial charge in [0, 0.05) is 5.56 Å². The SMILES string of the molecule is Cc1ccc(OCc2ccc(C(F)(F)F)cc2C(=O)O)cc1. The normalized spacial score (nSPS) is 11.3. The Morgan fingerprint density at radius 2 is 1.77 bits per heavy atom. The van der Waals surface area contributed by atoms with Gasteiger partial charge in [-0.3, -0.25) is 0 Å². The summed E-state index contributed by atoms with van der Waals surface area (Å²) in [5, 5.41) is 9.07. The van der Waals surface area contributed by atoms with Crippen LogP contribution >= 0.6 is 0 Å². The second-order valence-electron chi connectivity index (χ2n) is 4.78. The zero-order valence-electron chi connectivity index (χ0n) is 11.6. The molecule has 0 aliphatic carbocycles. The van der Waals surface area contributed by atoms with E-state index in [1.807, 2.05) is 19.1 Å². The molecular weight excluding hydrogens is 297 g/mol. The molecule has 0 bridgehead atoms. The van der Waals surface area contributed by atoms with Crippen molar-refractivity contribution in [1.29, 1.82) is 0 Å². The summed E-state index contributed by atoms with van der Waals surface area (Å²) < 4.78 is 43.3. The van der Waals surface area contributed by atoms with E-state index in [9.17, 15) is 18.0 Å². The Labute approximate surface area is 125 Å². The van der Waals surface area contributed by atoms with E-state index >= 15 is 0 Å². The molecule has 0 aromatic heterocycles. The van der Waals surface area contributed by atoms with Crippen LogP contribution in [-0.4, -0.2) is 11.1 Å². The summed E-state index contributed by atoms with van der Waals surface area (Å²) >= 11 is 0. The van der Waals surface area contributed by atoms with Crippen molar-refractivity contribution in [2.45, 2.75) is 19.7 Å². The van der Waals surface area contributed by atoms with Gasteiger partial charge in [0.05, 0.1) is 11.1 Å². The van der Waals surface area contributed by atoms with Crippen LogP contribution in [0.4, 0.5) is 13.2 Å². The molecule has 0 saturated heterocycles. The molecule has 0 radical (unpaired) electrons. The predicted molar refractivity (Wildman–Crippen MR) is 73.9 cm³/mol. The summed E-state index contributed by atoms with van der Waals surface area (Å²) in [7, 11) is 0. The molecule has 0 spiro atoms. The van der Waals surface area contributed by atoms with Gasteiger partial charge in [0.15, 0.2) is 0 Å². The molecule has 0 unspecified atom stereocenters. The minimum absolute atomic E-state index is 0.122. The highest BCUT2D eigenvalue weighted by atomic mass is 19.4. The number of rotatable bonds is 4. The fraction of sp³-hybridized carbons (Fsp3) is 0.188. The van der Waals surface area contributed by atoms with Crippen LogP contribution in [-0.2, 0) is 12.8 Å². The average Bonchev–Trinajstić information content (AvgIpc) is 2.45. The summed E-state index contributed by atoms with van der Waals surface area (Å²) in [5.41, 5.74) is -0.194. The van der Waals surface area contributed by atoms with Crippen molar-refractivity contribution >= 4 is 5.97 Å². The van der Waals surface area contributed by atoms with Crippen molar-refractivity contribution in [3.8, 4) is 5.75 Å². The van der Waals surface area contributed by atoms with Crippen LogP contribution in [0.5, 0.6) is 5.75 Å². The smallest absolute Gasteiger partial charge is 0.416 e. The summed E-state index contributed by atoms with van der Waals surface area (Å²) in [6.07, 6.45) is -4.58. The lowest BCUT2D eigenvalue weighted by Crippen LogP contribution is -2.11. The van der Waals surface area contributed by atoms with Crippen LogP contribution < -0.4 is 4.74 Å². The zero-order valence-corrected chi connectivity index (χ0v) is 11.6. The van der Waals surface area contributed by atoms with Gasteiger partial charge in [0.25, 0.3) is 0 Å². The Bertz CT molecular complexity index is 676. The molecule has 0 atom stereocenters. The van der Waals surface area contributed by atoms with E-state index in [2.05, 4.69) is 0 Å². The lowest BCUT2D eigenvalue weighted by atomic mass is 10.0. The minimum Gasteiger partial charge on any atom is -0.489 e. The number of alkyl halides is 3. The first kappa shape index (κ1) is 15.9. The van der Waals surface area contributed by atoms with Crippen LogP contribution in [0, 0.1) is 6.92 Å². The van der Waals surface area contributed by atoms with Gasteiger partial charge in [-0.1, -0.05) is 23.8 Å². The van der Waals surface area contributed by atoms with E-state index in [4.69, 9.17) is 9.84 Å². The molecule has 0 fully saturated rings. The molecule has 0 saturated carbocycles. The maximum atomic E-state index is 12.6. The van der Waals surface area contributed by atoms with Crippen molar-refractivity contribution in [3.63, 3.8) is 0 Å². The van der Waals surface area contributed by atoms with Crippen LogP contribution in [0.2, 0.25) is 0 Å². The Hall–Kier alpha value is -2.50. The van der Waals surface area contributed by atoms with E-state index in [0.29, 0.717) is 11.8 Å². The number of aryl methyl sites for hydroxylation is 1. The van der Waals surface area contributed by atoms with Gasteiger partial charge in [0.1, 0.15) is 12.4 Å². The van der Waals surface area contributed by atoms with Crippen molar-refractivity contribution in [3.05, 3.63) is 64.7 Å². The Kier molecular flexibility index (Phi) is 4.40. The molecule has 0 heterocycles. The van der Waals surface area contributed by atoms with Gasteiger partial charge in [-0.15, -0.1) is 0 Å². The molecule has 2 rings (SSSR count). The summed E-state index contributed by atoms with van der Waals surface area (Å²) in [6, 6.07) is 9.65. The number of hydrogen-bond acceptors (Lipinski definition) is 2. The van der Waals surface area contributed by atoms with Crippen LogP contribution in [0.15, 0.2) is 42.5 Å². The van der Waals surface area contributed by atoms with E-state index in [-0.39, 0.29) is 12.2 Å². The third kappa shape index (κ3) is 3.78. The number of carboxylic acid groups (broad SMARTS) is 1. The van der Waals surface area contributed by atoms with Crippen LogP contribution in [0.3, 0.4) is 0 Å². The monoisotopic (exact) mass is 310 g/mol. The molecule has 116 valence electrons. The first-order valence-corrected chi connectivity index (χ1v) is 6.40. The van der Waals surface area contributed by atoms with Gasteiger partial charge >= 0.3 is 12.1 Å². The zero-order chi connectivity index (χ0) is 16.3. The highest BCUT2D eigenvalue weighted by Gasteiger charge is 2.31. The third-order valence-electron chi connectivity index (χ3n) is 3.08. The summed E-state index contributed by atoms with van der Waals surface area (Å²) in [6.45, 7) is 1.78. The molecule has 1 N–H and O–H groups in total. The summed E-state index contributed by atoms with van der Waals surface area (Å²) in [4.78, 5) is 11.1. The van der Waals surface area contributed by atoms with E-state index in [1.54, 1.807) is 12.1 Å². The molecule has 0 amide bonds. The largest absolute Gasteiger partial charge is 0.489 e. The van der Waals surface area contributed by atoms with Crippen molar-refractivity contribution in [2.75, 3.05) is 0 Å². The van der Waals surface area contributed by atoms with Crippen molar-refractivity contribution in [1.82, 2.24) is 0 Å². The Morgan fingerprint density at radius 3 is 2.32 bits per heavy atom. The van der Waals surface area contributed by atoms with E-state index in [0.717, 1.165) is 17.7 Å². The molecular formula is C16H13F3O3. The summed E-state index contributed by atoms with van der Waals surface area (Å²) in [5.74, 6) is -0.907. The Morgan fingerprint density at radius 1 is 1.14 bits per heavy atom. The standard InChI is InChI=1S/C16H13F3O3/c1-10-2-6-13(7-3-10)22-9-11-4-5-12(16(17,18)19)8-14(11)15(20)21/h2-8H,9H2,1H3,(H,20,21). The predicted octanol–water partition coefficient (Wildman–Crippen LogP) is 4.29. The lowest BCUT2D eigenvalue weighted by molar-refractivity contribution is -0.137. The maximum Gasteiger partial charge on any atom is 0.416 e. The van der Waals surface area contributed by atoms with Gasteiger partial charge in [-0.2, -0.15) is 13.2 Å². The average molecular weight is 310 g/mol. The quantitative estimate of drug-likeness (QED) is 0.916. The fourth-order valence-electron chi connectivity index (χ4n) is 1.87. The van der Waals surface area contributed by atoms with Gasteiger partial charge in [0.2, 0.25) is 0 Å². The molecule has 0 aliphatic heterocycles. The second kappa shape index (κ2) is 6.09. The van der Waals surface area contributed by atoms with Crippen LogP contribution in [0.1, 0.15) is 27.0 Å². The molecule has 0 aliphatic rings. The Balaban J connectivity index is 2.23. The number of carboxylic acids is 1. The first-order valence-electron chi connectivity index (χ1n) is 6.40. The second-order valence-corrected chi connectivity index (χ2v) is 4.78. The molecule has 2 aromatic carbocycles. The minimum atomic E-state index is -4.58. The number of hydrogen-bond donors (Lipinski definition) is 1. The molecule has 2 aromatic rings. The number of ether oxygens (including phenoxy) is 1. The maximum absolute atomic E-state index is 12.6. The van der Waals surface area contributed by atoms with Gasteiger partial charge in [-0.25, -0.2) is 4.79 Å². The van der Waals surface area contributed by atoms with Gasteiger partial charge in [-0.05, 0) is 31.2 Å². The number of benzene rings is 2.